The molecule has 1 atom stereocenters. The van der Waals surface area contributed by atoms with Gasteiger partial charge in [-0.05, 0) is 54.8 Å². The summed E-state index contributed by atoms with van der Waals surface area (Å²) in [5, 5.41) is 7.26. The van der Waals surface area contributed by atoms with E-state index in [4.69, 9.17) is 9.47 Å². The fraction of sp³-hybridized carbons (Fsp3) is 0.263. The molecule has 0 saturated heterocycles. The number of fused-ring (bicyclic) bond motifs is 1. The molecule has 0 aromatic heterocycles. The molecule has 1 amide bonds. The van der Waals surface area contributed by atoms with Crippen LogP contribution in [0.4, 0.5) is 5.69 Å². The standard InChI is InChI=1S/C19H21N3O3/c1-3-16(21-15-6-4-5-13(2)9-15)19(23)22-20-11-14-7-8-17-18(10-14)25-12-24-17/h4-11,16,21H,3,12H2,1-2H3,(H,22,23)/t16-/m0/s1. The van der Waals surface area contributed by atoms with Crippen LogP contribution in [0.5, 0.6) is 11.5 Å². The van der Waals surface area contributed by atoms with Crippen molar-refractivity contribution in [2.45, 2.75) is 26.3 Å². The number of rotatable bonds is 6. The Bertz CT molecular complexity index is 789. The number of benzene rings is 2. The lowest BCUT2D eigenvalue weighted by Crippen LogP contribution is -2.36. The molecule has 0 bridgehead atoms. The predicted octanol–water partition coefficient (Wildman–Crippen LogP) is 3.06. The number of aryl methyl sites for hydroxylation is 1. The molecule has 0 radical (unpaired) electrons. The molecule has 2 aromatic carbocycles. The van der Waals surface area contributed by atoms with Crippen LogP contribution in [0.3, 0.4) is 0 Å². The van der Waals surface area contributed by atoms with E-state index in [2.05, 4.69) is 15.8 Å². The van der Waals surface area contributed by atoms with Gasteiger partial charge in [0.05, 0.1) is 6.21 Å². The highest BCUT2D eigenvalue weighted by Gasteiger charge is 2.16. The molecule has 6 nitrogen and oxygen atoms in total. The molecule has 3 rings (SSSR count). The number of hydrogen-bond acceptors (Lipinski definition) is 5. The molecular formula is C19H21N3O3. The molecule has 1 heterocycles. The van der Waals surface area contributed by atoms with E-state index in [0.717, 1.165) is 22.6 Å². The van der Waals surface area contributed by atoms with Crippen LogP contribution in [0.25, 0.3) is 0 Å². The molecule has 0 aliphatic carbocycles. The summed E-state index contributed by atoms with van der Waals surface area (Å²) in [5.74, 6) is 1.22. The smallest absolute Gasteiger partial charge is 0.262 e. The molecule has 2 aromatic rings. The van der Waals surface area contributed by atoms with Crippen molar-refractivity contribution in [1.82, 2.24) is 5.43 Å². The van der Waals surface area contributed by atoms with Gasteiger partial charge in [0.2, 0.25) is 6.79 Å². The first-order valence-corrected chi connectivity index (χ1v) is 8.21. The van der Waals surface area contributed by atoms with E-state index in [-0.39, 0.29) is 18.7 Å². The van der Waals surface area contributed by atoms with Gasteiger partial charge in [0.1, 0.15) is 6.04 Å². The van der Waals surface area contributed by atoms with Crippen LogP contribution >= 0.6 is 0 Å². The summed E-state index contributed by atoms with van der Waals surface area (Å²) in [6.07, 6.45) is 2.23. The topological polar surface area (TPSA) is 72.0 Å². The number of ether oxygens (including phenoxy) is 2. The van der Waals surface area contributed by atoms with E-state index >= 15 is 0 Å². The molecule has 25 heavy (non-hydrogen) atoms. The number of nitrogens with zero attached hydrogens (tertiary/aromatic N) is 1. The lowest BCUT2D eigenvalue weighted by atomic mass is 10.1. The normalized spacial score (nSPS) is 13.7. The summed E-state index contributed by atoms with van der Waals surface area (Å²) in [6.45, 7) is 4.20. The largest absolute Gasteiger partial charge is 0.454 e. The van der Waals surface area contributed by atoms with Gasteiger partial charge in [-0.15, -0.1) is 0 Å². The van der Waals surface area contributed by atoms with E-state index in [1.807, 2.05) is 56.3 Å². The van der Waals surface area contributed by atoms with Crippen molar-refractivity contribution in [2.75, 3.05) is 12.1 Å². The molecule has 0 saturated carbocycles. The Morgan fingerprint density at radius 1 is 1.24 bits per heavy atom. The Morgan fingerprint density at radius 3 is 2.88 bits per heavy atom. The lowest BCUT2D eigenvalue weighted by Gasteiger charge is -2.16. The quantitative estimate of drug-likeness (QED) is 0.627. The van der Waals surface area contributed by atoms with Crippen molar-refractivity contribution in [1.29, 1.82) is 0 Å². The van der Waals surface area contributed by atoms with E-state index in [9.17, 15) is 4.79 Å². The Hall–Kier alpha value is -3.02. The maximum atomic E-state index is 12.3. The van der Waals surface area contributed by atoms with Crippen molar-refractivity contribution >= 4 is 17.8 Å². The number of hydrazone groups is 1. The average molecular weight is 339 g/mol. The van der Waals surface area contributed by atoms with Gasteiger partial charge in [-0.3, -0.25) is 4.79 Å². The van der Waals surface area contributed by atoms with Crippen molar-refractivity contribution in [3.8, 4) is 11.5 Å². The minimum Gasteiger partial charge on any atom is -0.454 e. The molecule has 2 N–H and O–H groups in total. The van der Waals surface area contributed by atoms with Crippen LogP contribution in [0.2, 0.25) is 0 Å². The zero-order valence-electron chi connectivity index (χ0n) is 14.3. The van der Waals surface area contributed by atoms with Gasteiger partial charge in [-0.1, -0.05) is 19.1 Å². The SMILES string of the molecule is CC[C@H](Nc1cccc(C)c1)C(=O)NN=Cc1ccc2c(c1)OCO2. The van der Waals surface area contributed by atoms with Crippen LogP contribution in [-0.2, 0) is 4.79 Å². The number of hydrogen-bond donors (Lipinski definition) is 2. The second-order valence-corrected chi connectivity index (χ2v) is 5.82. The maximum absolute atomic E-state index is 12.3. The number of carbonyl (C=O) groups is 1. The molecule has 1 aliphatic heterocycles. The minimum atomic E-state index is -0.351. The Labute approximate surface area is 146 Å². The number of anilines is 1. The fourth-order valence-electron chi connectivity index (χ4n) is 2.53. The molecule has 130 valence electrons. The van der Waals surface area contributed by atoms with Crippen molar-refractivity contribution in [3.05, 3.63) is 53.6 Å². The highest BCUT2D eigenvalue weighted by molar-refractivity contribution is 5.87. The van der Waals surface area contributed by atoms with Crippen LogP contribution in [-0.4, -0.2) is 25.0 Å². The first-order chi connectivity index (χ1) is 12.2. The number of amides is 1. The molecule has 6 heteroatoms. The molecule has 1 aliphatic rings. The fourth-order valence-corrected chi connectivity index (χ4v) is 2.53. The van der Waals surface area contributed by atoms with E-state index in [0.29, 0.717) is 12.2 Å². The minimum absolute atomic E-state index is 0.180. The zero-order chi connectivity index (χ0) is 17.6. The molecule has 0 fully saturated rings. The third-order valence-corrected chi connectivity index (χ3v) is 3.87. The summed E-state index contributed by atoms with van der Waals surface area (Å²) in [6, 6.07) is 13.1. The zero-order valence-corrected chi connectivity index (χ0v) is 14.3. The van der Waals surface area contributed by atoms with Crippen molar-refractivity contribution in [2.24, 2.45) is 5.10 Å². The first kappa shape index (κ1) is 16.8. The van der Waals surface area contributed by atoms with Gasteiger partial charge in [0.25, 0.3) is 5.91 Å². The Morgan fingerprint density at radius 2 is 2.08 bits per heavy atom. The molecule has 0 unspecified atom stereocenters. The summed E-state index contributed by atoms with van der Waals surface area (Å²) in [7, 11) is 0. The van der Waals surface area contributed by atoms with Crippen LogP contribution in [0.15, 0.2) is 47.6 Å². The van der Waals surface area contributed by atoms with E-state index in [1.165, 1.54) is 0 Å². The van der Waals surface area contributed by atoms with Crippen LogP contribution in [0.1, 0.15) is 24.5 Å². The summed E-state index contributed by atoms with van der Waals surface area (Å²) < 4.78 is 10.6. The summed E-state index contributed by atoms with van der Waals surface area (Å²) in [5.41, 5.74) is 5.46. The van der Waals surface area contributed by atoms with Gasteiger partial charge >= 0.3 is 0 Å². The van der Waals surface area contributed by atoms with E-state index < -0.39 is 0 Å². The number of carbonyl (C=O) groups excluding carboxylic acids is 1. The lowest BCUT2D eigenvalue weighted by molar-refractivity contribution is -0.121. The van der Waals surface area contributed by atoms with Gasteiger partial charge in [-0.2, -0.15) is 5.10 Å². The second kappa shape index (κ2) is 7.70. The maximum Gasteiger partial charge on any atom is 0.262 e. The summed E-state index contributed by atoms with van der Waals surface area (Å²) >= 11 is 0. The molecule has 0 spiro atoms. The highest BCUT2D eigenvalue weighted by atomic mass is 16.7. The predicted molar refractivity (Wildman–Crippen MR) is 97.2 cm³/mol. The third-order valence-electron chi connectivity index (χ3n) is 3.87. The van der Waals surface area contributed by atoms with Crippen molar-refractivity contribution in [3.63, 3.8) is 0 Å². The van der Waals surface area contributed by atoms with Gasteiger partial charge in [0, 0.05) is 5.69 Å². The second-order valence-electron chi connectivity index (χ2n) is 5.82. The number of nitrogens with one attached hydrogen (secondary N) is 2. The molecular weight excluding hydrogens is 318 g/mol. The van der Waals surface area contributed by atoms with Crippen LogP contribution in [0, 0.1) is 6.92 Å². The average Bonchev–Trinajstić information content (AvgIpc) is 3.07. The monoisotopic (exact) mass is 339 g/mol. The van der Waals surface area contributed by atoms with Gasteiger partial charge < -0.3 is 14.8 Å². The van der Waals surface area contributed by atoms with Gasteiger partial charge in [0.15, 0.2) is 11.5 Å². The van der Waals surface area contributed by atoms with Crippen molar-refractivity contribution < 1.29 is 14.3 Å². The van der Waals surface area contributed by atoms with E-state index in [1.54, 1.807) is 6.21 Å². The highest BCUT2D eigenvalue weighted by Crippen LogP contribution is 2.31. The van der Waals surface area contributed by atoms with Gasteiger partial charge in [-0.25, -0.2) is 5.43 Å². The third kappa shape index (κ3) is 4.29. The summed E-state index contributed by atoms with van der Waals surface area (Å²) in [4.78, 5) is 12.3. The first-order valence-electron chi connectivity index (χ1n) is 8.21. The Kier molecular flexibility index (Phi) is 5.18. The van der Waals surface area contributed by atoms with Crippen LogP contribution < -0.4 is 20.2 Å². The Balaban J connectivity index is 1.58.